The highest BCUT2D eigenvalue weighted by molar-refractivity contribution is 5.27. The molecule has 0 aliphatic carbocycles. The average molecular weight is 307 g/mol. The molecule has 0 radical (unpaired) electrons. The number of nitrogens with zero attached hydrogens (tertiary/aromatic N) is 3. The molecule has 0 N–H and O–H groups in total. The lowest BCUT2D eigenvalue weighted by Gasteiger charge is -2.07. The first-order chi connectivity index (χ1) is 11.4. The summed E-state index contributed by atoms with van der Waals surface area (Å²) in [7, 11) is 0. The fourth-order valence-electron chi connectivity index (χ4n) is 2.43. The Kier molecular flexibility index (Phi) is 5.40. The molecule has 0 spiro atoms. The van der Waals surface area contributed by atoms with Crippen molar-refractivity contribution in [2.75, 3.05) is 0 Å². The fraction of sp³-hybridized carbons (Fsp3) is 0.263. The standard InChI is InChI=1S/C19H21N3O/c1-2-7-18(8-3-1)16-23-19-11-9-17(10-12-19)6-4-5-15-22-20-13-14-21-22/h1-3,7-14H,4-6,15-16H2. The summed E-state index contributed by atoms with van der Waals surface area (Å²) in [5.41, 5.74) is 2.52. The van der Waals surface area contributed by atoms with Gasteiger partial charge in [-0.15, -0.1) is 0 Å². The Morgan fingerprint density at radius 1 is 0.783 bits per heavy atom. The van der Waals surface area contributed by atoms with E-state index in [1.165, 1.54) is 11.1 Å². The van der Waals surface area contributed by atoms with Gasteiger partial charge in [0.15, 0.2) is 0 Å². The first-order valence-corrected chi connectivity index (χ1v) is 8.00. The third kappa shape index (κ3) is 4.95. The predicted octanol–water partition coefficient (Wildman–Crippen LogP) is 3.88. The second kappa shape index (κ2) is 8.13. The Morgan fingerprint density at radius 3 is 2.26 bits per heavy atom. The van der Waals surface area contributed by atoms with Gasteiger partial charge < -0.3 is 4.74 Å². The number of ether oxygens (including phenoxy) is 1. The monoisotopic (exact) mass is 307 g/mol. The predicted molar refractivity (Wildman–Crippen MR) is 90.2 cm³/mol. The van der Waals surface area contributed by atoms with Gasteiger partial charge in [0.2, 0.25) is 0 Å². The molecule has 0 aliphatic heterocycles. The van der Waals surface area contributed by atoms with Crippen molar-refractivity contribution >= 4 is 0 Å². The molecule has 4 nitrogen and oxygen atoms in total. The molecule has 0 saturated carbocycles. The van der Waals surface area contributed by atoms with Crippen LogP contribution in [0.4, 0.5) is 0 Å². The molecule has 3 aromatic rings. The van der Waals surface area contributed by atoms with Crippen LogP contribution >= 0.6 is 0 Å². The Morgan fingerprint density at radius 2 is 1.52 bits per heavy atom. The topological polar surface area (TPSA) is 39.9 Å². The Hall–Kier alpha value is -2.62. The van der Waals surface area contributed by atoms with Crippen LogP contribution in [0.15, 0.2) is 67.0 Å². The van der Waals surface area contributed by atoms with Gasteiger partial charge in [0.25, 0.3) is 0 Å². The zero-order chi connectivity index (χ0) is 15.7. The van der Waals surface area contributed by atoms with E-state index in [-0.39, 0.29) is 0 Å². The third-order valence-corrected chi connectivity index (χ3v) is 3.71. The van der Waals surface area contributed by atoms with Gasteiger partial charge in [-0.3, -0.25) is 0 Å². The molecule has 0 bridgehead atoms. The lowest BCUT2D eigenvalue weighted by atomic mass is 10.1. The van der Waals surface area contributed by atoms with E-state index < -0.39 is 0 Å². The summed E-state index contributed by atoms with van der Waals surface area (Å²) in [5, 5.41) is 8.21. The minimum absolute atomic E-state index is 0.608. The van der Waals surface area contributed by atoms with E-state index in [1.54, 1.807) is 17.2 Å². The quantitative estimate of drug-likeness (QED) is 0.593. The van der Waals surface area contributed by atoms with Crippen molar-refractivity contribution in [3.63, 3.8) is 0 Å². The van der Waals surface area contributed by atoms with Crippen LogP contribution in [0.1, 0.15) is 24.0 Å². The van der Waals surface area contributed by atoms with Crippen LogP contribution in [-0.4, -0.2) is 15.0 Å². The number of benzene rings is 2. The van der Waals surface area contributed by atoms with Gasteiger partial charge in [-0.05, 0) is 42.5 Å². The second-order valence-corrected chi connectivity index (χ2v) is 5.50. The molecule has 1 heterocycles. The third-order valence-electron chi connectivity index (χ3n) is 3.71. The van der Waals surface area contributed by atoms with Crippen molar-refractivity contribution in [1.29, 1.82) is 0 Å². The summed E-state index contributed by atoms with van der Waals surface area (Å²) in [6, 6.07) is 18.6. The summed E-state index contributed by atoms with van der Waals surface area (Å²) in [6.07, 6.45) is 6.72. The van der Waals surface area contributed by atoms with E-state index >= 15 is 0 Å². The minimum atomic E-state index is 0.608. The highest BCUT2D eigenvalue weighted by Crippen LogP contribution is 2.15. The normalized spacial score (nSPS) is 10.6. The number of aryl methyl sites for hydroxylation is 2. The molecule has 0 aliphatic rings. The number of rotatable bonds is 8. The molecule has 0 amide bonds. The van der Waals surface area contributed by atoms with E-state index in [0.29, 0.717) is 6.61 Å². The zero-order valence-corrected chi connectivity index (χ0v) is 13.1. The lowest BCUT2D eigenvalue weighted by molar-refractivity contribution is 0.306. The highest BCUT2D eigenvalue weighted by Gasteiger charge is 1.98. The largest absolute Gasteiger partial charge is 0.489 e. The molecule has 23 heavy (non-hydrogen) atoms. The first-order valence-electron chi connectivity index (χ1n) is 8.00. The lowest BCUT2D eigenvalue weighted by Crippen LogP contribution is -2.02. The van der Waals surface area contributed by atoms with Crippen LogP contribution in [-0.2, 0) is 19.6 Å². The number of hydrogen-bond donors (Lipinski definition) is 0. The number of aromatic nitrogens is 3. The van der Waals surface area contributed by atoms with Gasteiger partial charge in [-0.2, -0.15) is 15.0 Å². The van der Waals surface area contributed by atoms with Crippen LogP contribution in [0.25, 0.3) is 0 Å². The van der Waals surface area contributed by atoms with Gasteiger partial charge in [0.1, 0.15) is 12.4 Å². The van der Waals surface area contributed by atoms with Crippen LogP contribution < -0.4 is 4.74 Å². The molecule has 1 aromatic heterocycles. The van der Waals surface area contributed by atoms with Crippen molar-refractivity contribution in [3.8, 4) is 5.75 Å². The van der Waals surface area contributed by atoms with Gasteiger partial charge in [0.05, 0.1) is 18.9 Å². The summed E-state index contributed by atoms with van der Waals surface area (Å²) < 4.78 is 5.80. The van der Waals surface area contributed by atoms with E-state index in [0.717, 1.165) is 31.6 Å². The van der Waals surface area contributed by atoms with Crippen molar-refractivity contribution in [3.05, 3.63) is 78.1 Å². The summed E-state index contributed by atoms with van der Waals surface area (Å²) in [6.45, 7) is 1.49. The molecule has 0 fully saturated rings. The van der Waals surface area contributed by atoms with Gasteiger partial charge in [-0.25, -0.2) is 0 Å². The van der Waals surface area contributed by atoms with E-state index in [4.69, 9.17) is 4.74 Å². The minimum Gasteiger partial charge on any atom is -0.489 e. The molecule has 4 heteroatoms. The van der Waals surface area contributed by atoms with E-state index in [2.05, 4.69) is 34.5 Å². The molecule has 0 saturated heterocycles. The second-order valence-electron chi connectivity index (χ2n) is 5.50. The van der Waals surface area contributed by atoms with Crippen molar-refractivity contribution in [1.82, 2.24) is 15.0 Å². The molecule has 118 valence electrons. The van der Waals surface area contributed by atoms with Crippen LogP contribution in [0.2, 0.25) is 0 Å². The maximum absolute atomic E-state index is 5.80. The molecule has 0 atom stereocenters. The van der Waals surface area contributed by atoms with Crippen molar-refractivity contribution < 1.29 is 4.74 Å². The van der Waals surface area contributed by atoms with Crippen LogP contribution in [0.3, 0.4) is 0 Å². The summed E-state index contributed by atoms with van der Waals surface area (Å²) in [4.78, 5) is 1.74. The van der Waals surface area contributed by atoms with Gasteiger partial charge >= 0.3 is 0 Å². The average Bonchev–Trinajstić information content (AvgIpc) is 3.12. The van der Waals surface area contributed by atoms with E-state index in [1.807, 2.05) is 30.3 Å². The Labute approximate surface area is 136 Å². The highest BCUT2D eigenvalue weighted by atomic mass is 16.5. The number of hydrogen-bond acceptors (Lipinski definition) is 3. The maximum Gasteiger partial charge on any atom is 0.119 e. The molecular weight excluding hydrogens is 286 g/mol. The van der Waals surface area contributed by atoms with Gasteiger partial charge in [0, 0.05) is 0 Å². The zero-order valence-electron chi connectivity index (χ0n) is 13.1. The van der Waals surface area contributed by atoms with Gasteiger partial charge in [-0.1, -0.05) is 42.5 Å². The molecule has 3 rings (SSSR count). The van der Waals surface area contributed by atoms with Crippen molar-refractivity contribution in [2.24, 2.45) is 0 Å². The summed E-state index contributed by atoms with van der Waals surface area (Å²) >= 11 is 0. The molecular formula is C19H21N3O. The molecule has 2 aromatic carbocycles. The smallest absolute Gasteiger partial charge is 0.119 e. The Balaban J connectivity index is 1.40. The van der Waals surface area contributed by atoms with Crippen LogP contribution in [0.5, 0.6) is 5.75 Å². The fourth-order valence-corrected chi connectivity index (χ4v) is 2.43. The van der Waals surface area contributed by atoms with Crippen molar-refractivity contribution in [2.45, 2.75) is 32.4 Å². The number of unbranched alkanes of at least 4 members (excludes halogenated alkanes) is 1. The van der Waals surface area contributed by atoms with E-state index in [9.17, 15) is 0 Å². The maximum atomic E-state index is 5.80. The Bertz CT molecular complexity index is 678. The SMILES string of the molecule is c1ccc(COc2ccc(CCCCn3nccn3)cc2)cc1. The van der Waals surface area contributed by atoms with Crippen LogP contribution in [0, 0.1) is 0 Å². The molecule has 0 unspecified atom stereocenters. The first kappa shape index (κ1) is 15.3. The summed E-state index contributed by atoms with van der Waals surface area (Å²) in [5.74, 6) is 0.915.